The van der Waals surface area contributed by atoms with Crippen LogP contribution in [0.3, 0.4) is 0 Å². The minimum absolute atomic E-state index is 0.0685. The lowest BCUT2D eigenvalue weighted by Gasteiger charge is -2.18. The Bertz CT molecular complexity index is 1430. The number of hydrogen-bond donors (Lipinski definition) is 0. The van der Waals surface area contributed by atoms with Crippen molar-refractivity contribution in [2.24, 2.45) is 0 Å². The maximum Gasteiger partial charge on any atom is 0.306 e. The first-order valence-electron chi connectivity index (χ1n) is 37.1. The van der Waals surface area contributed by atoms with Crippen LogP contribution < -0.4 is 0 Å². The third-order valence-electron chi connectivity index (χ3n) is 16.8. The number of esters is 3. The van der Waals surface area contributed by atoms with Crippen LogP contribution in [-0.2, 0) is 28.6 Å². The van der Waals surface area contributed by atoms with Gasteiger partial charge in [-0.05, 0) is 57.8 Å². The largest absolute Gasteiger partial charge is 0.462 e. The van der Waals surface area contributed by atoms with Gasteiger partial charge in [0.1, 0.15) is 13.2 Å². The standard InChI is InChI=1S/C77H142O6/c1-4-7-10-13-16-18-20-22-24-26-28-30-32-34-35-36-37-38-39-40-41-43-44-46-48-50-52-54-56-58-61-64-67-70-76(79)82-73-74(72-81-75(78)69-66-63-60-15-12-9-6-3)83-77(80)71-68-65-62-59-57-55-53-51-49-47-45-42-33-31-29-27-25-23-21-19-17-14-11-8-5-2/h8,11,17,19,23,25,29,31,74H,4-7,9-10,12-16,18,20-22,24,26-28,30,32-73H2,1-3H3/b11-8-,19-17-,25-23-,31-29-. The molecule has 6 nitrogen and oxygen atoms in total. The Kier molecular flexibility index (Phi) is 69.6. The molecule has 1 atom stereocenters. The fourth-order valence-corrected chi connectivity index (χ4v) is 11.3. The van der Waals surface area contributed by atoms with Crippen LogP contribution >= 0.6 is 0 Å². The predicted molar refractivity (Wildman–Crippen MR) is 362 cm³/mol. The molecule has 0 amide bonds. The molecule has 486 valence electrons. The summed E-state index contributed by atoms with van der Waals surface area (Å²) in [4.78, 5) is 38.2. The molecule has 0 aliphatic rings. The van der Waals surface area contributed by atoms with Crippen LogP contribution in [0.4, 0.5) is 0 Å². The molecular formula is C77H142O6. The van der Waals surface area contributed by atoms with Gasteiger partial charge in [0.05, 0.1) is 0 Å². The molecule has 0 aromatic rings. The Morgan fingerprint density at radius 2 is 0.470 bits per heavy atom. The number of unbranched alkanes of at least 4 members (excludes halogenated alkanes) is 50. The third-order valence-corrected chi connectivity index (χ3v) is 16.8. The summed E-state index contributed by atoms with van der Waals surface area (Å²) in [5.41, 5.74) is 0. The van der Waals surface area contributed by atoms with Crippen LogP contribution in [0.25, 0.3) is 0 Å². The Morgan fingerprint density at radius 1 is 0.253 bits per heavy atom. The molecular weight excluding hydrogens is 1020 g/mol. The minimum atomic E-state index is -0.770. The molecule has 0 aromatic carbocycles. The van der Waals surface area contributed by atoms with E-state index >= 15 is 0 Å². The average molecular weight is 1160 g/mol. The van der Waals surface area contributed by atoms with Crippen molar-refractivity contribution in [2.75, 3.05) is 13.2 Å². The van der Waals surface area contributed by atoms with Gasteiger partial charge in [0.2, 0.25) is 0 Å². The first-order valence-corrected chi connectivity index (χ1v) is 37.1. The highest BCUT2D eigenvalue weighted by atomic mass is 16.6. The zero-order valence-electron chi connectivity index (χ0n) is 56.0. The molecule has 0 rings (SSSR count). The molecule has 0 N–H and O–H groups in total. The maximum atomic E-state index is 12.9. The van der Waals surface area contributed by atoms with E-state index in [0.29, 0.717) is 19.3 Å². The first-order chi connectivity index (χ1) is 41.0. The quantitative estimate of drug-likeness (QED) is 0.0261. The first kappa shape index (κ1) is 80.4. The monoisotopic (exact) mass is 1160 g/mol. The SMILES string of the molecule is CC/C=C\C/C=C\C/C=C\C/C=C\CCCCCCCCCCCCCCC(=O)OC(COC(=O)CCCCCCCCC)COC(=O)CCCCCCCCCCCCCCCCCCCCCCCCCCCCCCCCCCC. The summed E-state index contributed by atoms with van der Waals surface area (Å²) in [6, 6.07) is 0. The molecule has 0 bridgehead atoms. The second-order valence-electron chi connectivity index (χ2n) is 25.2. The molecule has 6 heteroatoms. The predicted octanol–water partition coefficient (Wildman–Crippen LogP) is 25.7. The van der Waals surface area contributed by atoms with Gasteiger partial charge in [-0.15, -0.1) is 0 Å². The fourth-order valence-electron chi connectivity index (χ4n) is 11.3. The van der Waals surface area contributed by atoms with Crippen LogP contribution in [0.2, 0.25) is 0 Å². The van der Waals surface area contributed by atoms with Gasteiger partial charge in [0.15, 0.2) is 6.10 Å². The second-order valence-corrected chi connectivity index (χ2v) is 25.2. The van der Waals surface area contributed by atoms with Gasteiger partial charge in [-0.3, -0.25) is 14.4 Å². The Hall–Kier alpha value is -2.63. The minimum Gasteiger partial charge on any atom is -0.462 e. The van der Waals surface area contributed by atoms with Crippen LogP contribution in [-0.4, -0.2) is 37.2 Å². The molecule has 0 saturated heterocycles. The van der Waals surface area contributed by atoms with Crippen LogP contribution in [0.15, 0.2) is 48.6 Å². The molecule has 0 spiro atoms. The van der Waals surface area contributed by atoms with Crippen molar-refractivity contribution in [1.29, 1.82) is 0 Å². The van der Waals surface area contributed by atoms with Crippen molar-refractivity contribution in [3.8, 4) is 0 Å². The normalized spacial score (nSPS) is 12.3. The molecule has 83 heavy (non-hydrogen) atoms. The lowest BCUT2D eigenvalue weighted by molar-refractivity contribution is -0.167. The summed E-state index contributed by atoms with van der Waals surface area (Å²) in [5.74, 6) is -0.852. The summed E-state index contributed by atoms with van der Waals surface area (Å²) >= 11 is 0. The van der Waals surface area contributed by atoms with Gasteiger partial charge in [-0.2, -0.15) is 0 Å². The highest BCUT2D eigenvalue weighted by Crippen LogP contribution is 2.19. The molecule has 0 aliphatic heterocycles. The van der Waals surface area contributed by atoms with E-state index in [1.165, 1.54) is 283 Å². The molecule has 1 unspecified atom stereocenters. The van der Waals surface area contributed by atoms with E-state index in [1.54, 1.807) is 0 Å². The summed E-state index contributed by atoms with van der Waals surface area (Å²) in [5, 5.41) is 0. The van der Waals surface area contributed by atoms with Crippen LogP contribution in [0, 0.1) is 0 Å². The van der Waals surface area contributed by atoms with E-state index in [9.17, 15) is 14.4 Å². The third kappa shape index (κ3) is 70.0. The van der Waals surface area contributed by atoms with Gasteiger partial charge in [0.25, 0.3) is 0 Å². The Labute approximate surface area is 518 Å². The molecule has 0 heterocycles. The zero-order valence-corrected chi connectivity index (χ0v) is 56.0. The summed E-state index contributed by atoms with van der Waals surface area (Å²) in [6.07, 6.45) is 92.0. The number of rotatable bonds is 69. The van der Waals surface area contributed by atoms with Crippen molar-refractivity contribution < 1.29 is 28.6 Å². The molecule has 0 aromatic heterocycles. The van der Waals surface area contributed by atoms with Crippen molar-refractivity contribution >= 4 is 17.9 Å². The molecule has 0 aliphatic carbocycles. The van der Waals surface area contributed by atoms with Crippen molar-refractivity contribution in [1.82, 2.24) is 0 Å². The van der Waals surface area contributed by atoms with Gasteiger partial charge < -0.3 is 14.2 Å². The molecule has 0 radical (unpaired) electrons. The maximum absolute atomic E-state index is 12.9. The molecule has 0 fully saturated rings. The second kappa shape index (κ2) is 71.8. The van der Waals surface area contributed by atoms with E-state index in [4.69, 9.17) is 14.2 Å². The van der Waals surface area contributed by atoms with Crippen molar-refractivity contribution in [3.05, 3.63) is 48.6 Å². The van der Waals surface area contributed by atoms with Crippen LogP contribution in [0.1, 0.15) is 406 Å². The van der Waals surface area contributed by atoms with Gasteiger partial charge in [-0.25, -0.2) is 0 Å². The van der Waals surface area contributed by atoms with Crippen molar-refractivity contribution in [2.45, 2.75) is 412 Å². The highest BCUT2D eigenvalue weighted by Gasteiger charge is 2.20. The number of carbonyl (C=O) groups excluding carboxylic acids is 3. The fraction of sp³-hybridized carbons (Fsp3) is 0.857. The van der Waals surface area contributed by atoms with E-state index in [1.807, 2.05) is 0 Å². The van der Waals surface area contributed by atoms with E-state index in [2.05, 4.69) is 69.4 Å². The number of carbonyl (C=O) groups is 3. The number of ether oxygens (including phenoxy) is 3. The zero-order chi connectivity index (χ0) is 59.9. The molecule has 0 saturated carbocycles. The number of allylic oxidation sites excluding steroid dienone is 8. The lowest BCUT2D eigenvalue weighted by Crippen LogP contribution is -2.30. The Balaban J connectivity index is 3.97. The summed E-state index contributed by atoms with van der Waals surface area (Å²) in [7, 11) is 0. The van der Waals surface area contributed by atoms with E-state index < -0.39 is 6.10 Å². The van der Waals surface area contributed by atoms with E-state index in [-0.39, 0.29) is 31.1 Å². The van der Waals surface area contributed by atoms with Gasteiger partial charge in [0, 0.05) is 19.3 Å². The number of hydrogen-bond acceptors (Lipinski definition) is 6. The topological polar surface area (TPSA) is 78.9 Å². The lowest BCUT2D eigenvalue weighted by atomic mass is 10.0. The average Bonchev–Trinajstić information content (AvgIpc) is 3.50. The Morgan fingerprint density at radius 3 is 0.735 bits per heavy atom. The van der Waals surface area contributed by atoms with Crippen molar-refractivity contribution in [3.63, 3.8) is 0 Å². The highest BCUT2D eigenvalue weighted by molar-refractivity contribution is 5.71. The smallest absolute Gasteiger partial charge is 0.306 e. The summed E-state index contributed by atoms with van der Waals surface area (Å²) < 4.78 is 16.9. The van der Waals surface area contributed by atoms with Crippen LogP contribution in [0.5, 0.6) is 0 Å². The summed E-state index contributed by atoms with van der Waals surface area (Å²) in [6.45, 7) is 6.55. The van der Waals surface area contributed by atoms with E-state index in [0.717, 1.165) is 83.5 Å². The van der Waals surface area contributed by atoms with Gasteiger partial charge >= 0.3 is 17.9 Å². The van der Waals surface area contributed by atoms with Gasteiger partial charge in [-0.1, -0.05) is 378 Å².